The summed E-state index contributed by atoms with van der Waals surface area (Å²) in [5.74, 6) is -0.245. The fraction of sp³-hybridized carbons (Fsp3) is 0.611. The minimum atomic E-state index is -0.891. The first-order chi connectivity index (χ1) is 10.3. The van der Waals surface area contributed by atoms with Gasteiger partial charge in [-0.15, -0.1) is 0 Å². The molecule has 2 N–H and O–H groups in total. The summed E-state index contributed by atoms with van der Waals surface area (Å²) in [7, 11) is 0. The van der Waals surface area contributed by atoms with E-state index in [-0.39, 0.29) is 17.5 Å². The van der Waals surface area contributed by atoms with E-state index in [1.54, 1.807) is 6.08 Å². The van der Waals surface area contributed by atoms with Crippen LogP contribution in [0.1, 0.15) is 54.9 Å². The maximum absolute atomic E-state index is 12.9. The zero-order valence-electron chi connectivity index (χ0n) is 15.0. The second kappa shape index (κ2) is 5.05. The maximum Gasteiger partial charge on any atom is 0.217 e. The van der Waals surface area contributed by atoms with Crippen molar-refractivity contribution in [1.29, 1.82) is 0 Å². The van der Waals surface area contributed by atoms with E-state index in [9.17, 15) is 14.4 Å². The summed E-state index contributed by atoms with van der Waals surface area (Å²) < 4.78 is 0. The summed E-state index contributed by atoms with van der Waals surface area (Å²) in [6, 6.07) is 0. The molecule has 1 atom stereocenters. The van der Waals surface area contributed by atoms with E-state index in [2.05, 4.69) is 10.6 Å². The first kappa shape index (κ1) is 17.4. The molecule has 0 spiro atoms. The van der Waals surface area contributed by atoms with E-state index in [0.717, 1.165) is 5.70 Å². The van der Waals surface area contributed by atoms with E-state index < -0.39 is 16.5 Å². The lowest BCUT2D eigenvalue weighted by molar-refractivity contribution is -0.131. The van der Waals surface area contributed by atoms with Crippen LogP contribution in [0, 0.1) is 5.41 Å². The fourth-order valence-corrected chi connectivity index (χ4v) is 3.99. The first-order valence-electron chi connectivity index (χ1n) is 7.90. The molecule has 0 unspecified atom stereocenters. The van der Waals surface area contributed by atoms with Gasteiger partial charge in [0.25, 0.3) is 0 Å². The highest BCUT2D eigenvalue weighted by Gasteiger charge is 2.54. The van der Waals surface area contributed by atoms with Crippen LogP contribution in [0.2, 0.25) is 0 Å². The minimum absolute atomic E-state index is 0.00807. The van der Waals surface area contributed by atoms with Crippen LogP contribution in [-0.2, 0) is 14.4 Å². The van der Waals surface area contributed by atoms with Crippen molar-refractivity contribution in [3.8, 4) is 0 Å². The van der Waals surface area contributed by atoms with Gasteiger partial charge in [0.2, 0.25) is 5.91 Å². The van der Waals surface area contributed by atoms with Gasteiger partial charge < -0.3 is 10.6 Å². The molecular formula is C18H26N2O3. The van der Waals surface area contributed by atoms with Gasteiger partial charge in [-0.3, -0.25) is 14.4 Å². The van der Waals surface area contributed by atoms with Crippen LogP contribution in [0.3, 0.4) is 0 Å². The normalized spacial score (nSPS) is 26.7. The second-order valence-electron chi connectivity index (χ2n) is 8.02. The molecule has 2 aliphatic rings. The lowest BCUT2D eigenvalue weighted by atomic mass is 9.70. The van der Waals surface area contributed by atoms with Crippen molar-refractivity contribution in [3.63, 3.8) is 0 Å². The Labute approximate surface area is 137 Å². The summed E-state index contributed by atoms with van der Waals surface area (Å²) >= 11 is 0. The Morgan fingerprint density at radius 2 is 1.83 bits per heavy atom. The lowest BCUT2D eigenvalue weighted by Crippen LogP contribution is -2.56. The zero-order chi connectivity index (χ0) is 17.8. The highest BCUT2D eigenvalue weighted by Crippen LogP contribution is 2.47. The predicted octanol–water partition coefficient (Wildman–Crippen LogP) is 2.03. The topological polar surface area (TPSA) is 75.3 Å². The number of hydrogen-bond acceptors (Lipinski definition) is 4. The molecular weight excluding hydrogens is 292 g/mol. The van der Waals surface area contributed by atoms with E-state index in [0.29, 0.717) is 17.6 Å². The van der Waals surface area contributed by atoms with Crippen LogP contribution >= 0.6 is 0 Å². The summed E-state index contributed by atoms with van der Waals surface area (Å²) in [4.78, 5) is 37.0. The molecule has 0 radical (unpaired) electrons. The van der Waals surface area contributed by atoms with Crippen molar-refractivity contribution in [2.75, 3.05) is 0 Å². The molecule has 1 aliphatic carbocycles. The first-order valence-corrected chi connectivity index (χ1v) is 7.90. The van der Waals surface area contributed by atoms with Gasteiger partial charge in [0.1, 0.15) is 0 Å². The van der Waals surface area contributed by atoms with Crippen molar-refractivity contribution < 1.29 is 14.4 Å². The molecule has 0 saturated carbocycles. The van der Waals surface area contributed by atoms with Crippen molar-refractivity contribution >= 4 is 17.5 Å². The molecule has 0 aromatic rings. The minimum Gasteiger partial charge on any atom is -0.376 e. The van der Waals surface area contributed by atoms with Gasteiger partial charge in [0.05, 0.1) is 11.0 Å². The Bertz CT molecular complexity index is 668. The molecule has 0 aromatic carbocycles. The summed E-state index contributed by atoms with van der Waals surface area (Å²) in [6.45, 7) is 12.5. The smallest absolute Gasteiger partial charge is 0.217 e. The van der Waals surface area contributed by atoms with E-state index in [1.807, 2.05) is 41.5 Å². The van der Waals surface area contributed by atoms with Crippen molar-refractivity contribution in [3.05, 3.63) is 22.9 Å². The third kappa shape index (κ3) is 2.84. The summed E-state index contributed by atoms with van der Waals surface area (Å²) in [6.07, 6.45) is 2.19. The van der Waals surface area contributed by atoms with Gasteiger partial charge in [0, 0.05) is 23.7 Å². The molecule has 126 valence electrons. The Balaban J connectivity index is 2.44. The lowest BCUT2D eigenvalue weighted by Gasteiger charge is -2.40. The van der Waals surface area contributed by atoms with Crippen LogP contribution in [-0.4, -0.2) is 28.6 Å². The zero-order valence-corrected chi connectivity index (χ0v) is 15.0. The Morgan fingerprint density at radius 1 is 1.26 bits per heavy atom. The quantitative estimate of drug-likeness (QED) is 0.835. The third-order valence-corrected chi connectivity index (χ3v) is 4.56. The van der Waals surface area contributed by atoms with Crippen LogP contribution in [0.5, 0.6) is 0 Å². The number of allylic oxidation sites excluding steroid dienone is 3. The van der Waals surface area contributed by atoms with Gasteiger partial charge in [-0.25, -0.2) is 0 Å². The van der Waals surface area contributed by atoms with Crippen LogP contribution in [0.25, 0.3) is 0 Å². The standard InChI is InChI=1S/C18H26N2O3/c1-10-13-14(22)12(8-16(3,4)20-11(2)21)9-18(13,7)15(23)17(5,6)19-10/h9,19H,8H2,1-7H3,(H,20,21)/t18-/m1/s1. The molecule has 0 bridgehead atoms. The molecule has 2 rings (SSSR count). The fourth-order valence-electron chi connectivity index (χ4n) is 3.99. The molecule has 0 fully saturated rings. The van der Waals surface area contributed by atoms with Crippen molar-refractivity contribution in [2.45, 2.75) is 66.0 Å². The number of hydrogen-bond donors (Lipinski definition) is 2. The number of Topliss-reactive ketones (excluding diaryl/α,β-unsaturated/α-hetero) is 2. The number of rotatable bonds is 3. The Morgan fingerprint density at radius 3 is 2.35 bits per heavy atom. The van der Waals surface area contributed by atoms with Gasteiger partial charge in [-0.05, 0) is 53.5 Å². The van der Waals surface area contributed by atoms with Crippen molar-refractivity contribution in [1.82, 2.24) is 10.6 Å². The van der Waals surface area contributed by atoms with E-state index in [4.69, 9.17) is 0 Å². The monoisotopic (exact) mass is 318 g/mol. The average Bonchev–Trinajstić information content (AvgIpc) is 2.57. The number of amides is 1. The van der Waals surface area contributed by atoms with E-state index >= 15 is 0 Å². The second-order valence-corrected chi connectivity index (χ2v) is 8.02. The third-order valence-electron chi connectivity index (χ3n) is 4.56. The van der Waals surface area contributed by atoms with E-state index in [1.165, 1.54) is 6.92 Å². The van der Waals surface area contributed by atoms with Crippen molar-refractivity contribution in [2.24, 2.45) is 5.41 Å². The molecule has 1 amide bonds. The Kier molecular flexibility index (Phi) is 3.83. The number of carbonyl (C=O) groups excluding carboxylic acids is 3. The maximum atomic E-state index is 12.9. The van der Waals surface area contributed by atoms with Gasteiger partial charge in [-0.1, -0.05) is 6.08 Å². The number of ketones is 2. The molecule has 1 heterocycles. The highest BCUT2D eigenvalue weighted by molar-refractivity contribution is 6.20. The largest absolute Gasteiger partial charge is 0.376 e. The molecule has 23 heavy (non-hydrogen) atoms. The summed E-state index contributed by atoms with van der Waals surface area (Å²) in [5, 5.41) is 6.00. The van der Waals surface area contributed by atoms with Gasteiger partial charge in [-0.2, -0.15) is 0 Å². The number of carbonyl (C=O) groups is 3. The Hall–Kier alpha value is -1.91. The number of fused-ring (bicyclic) bond motifs is 1. The van der Waals surface area contributed by atoms with Gasteiger partial charge in [0.15, 0.2) is 11.6 Å². The molecule has 0 saturated heterocycles. The van der Waals surface area contributed by atoms with Crippen LogP contribution in [0.15, 0.2) is 22.9 Å². The van der Waals surface area contributed by atoms with Crippen LogP contribution in [0.4, 0.5) is 0 Å². The molecule has 1 aliphatic heterocycles. The molecule has 5 nitrogen and oxygen atoms in total. The summed E-state index contributed by atoms with van der Waals surface area (Å²) in [5.41, 5.74) is -0.258. The highest BCUT2D eigenvalue weighted by atomic mass is 16.2. The average molecular weight is 318 g/mol. The predicted molar refractivity (Wildman–Crippen MR) is 88.6 cm³/mol. The molecule has 0 aromatic heterocycles. The van der Waals surface area contributed by atoms with Crippen LogP contribution < -0.4 is 10.6 Å². The number of nitrogens with one attached hydrogen (secondary N) is 2. The molecule has 5 heteroatoms. The SMILES string of the molecule is CC(=O)NC(C)(C)CC1=C[C@@]2(C)C(=O)C(C)(C)NC(C)=C2C1=O. The van der Waals surface area contributed by atoms with Gasteiger partial charge >= 0.3 is 0 Å².